The van der Waals surface area contributed by atoms with Gasteiger partial charge in [0.15, 0.2) is 6.54 Å². The molecule has 0 aliphatic carbocycles. The van der Waals surface area contributed by atoms with Gasteiger partial charge < -0.3 is 4.74 Å². The predicted molar refractivity (Wildman–Crippen MR) is 136 cm³/mol. The second kappa shape index (κ2) is 11.5. The first kappa shape index (κ1) is 25.7. The summed E-state index contributed by atoms with van der Waals surface area (Å²) in [4.78, 5) is 12.5. The molecule has 0 spiro atoms. The molecule has 0 radical (unpaired) electrons. The van der Waals surface area contributed by atoms with Crippen LogP contribution in [0.3, 0.4) is 0 Å². The van der Waals surface area contributed by atoms with Crippen molar-refractivity contribution >= 4 is 52.2 Å². The summed E-state index contributed by atoms with van der Waals surface area (Å²) in [6.07, 6.45) is 5.11. The third-order valence-electron chi connectivity index (χ3n) is 5.39. The smallest absolute Gasteiger partial charge is 0.244 e. The topological polar surface area (TPSA) is 35.1 Å². The summed E-state index contributed by atoms with van der Waals surface area (Å²) < 4.78 is 23.1. The highest BCUT2D eigenvalue weighted by molar-refractivity contribution is 6.39. The minimum atomic E-state index is -0.380. The molecule has 3 aromatic carbocycles. The Hall–Kier alpha value is -2.41. The summed E-state index contributed by atoms with van der Waals surface area (Å²) in [5.41, 5.74) is 2.01. The van der Waals surface area contributed by atoms with Gasteiger partial charge in [0.05, 0.1) is 6.61 Å². The number of nitrogens with zero attached hydrogens (tertiary/aromatic N) is 2. The second-order valence-corrected chi connectivity index (χ2v) is 9.60. The molecular weight excluding hydrogens is 533 g/mol. The van der Waals surface area contributed by atoms with Crippen molar-refractivity contribution in [3.8, 4) is 0 Å². The van der Waals surface area contributed by atoms with Gasteiger partial charge in [-0.15, -0.1) is 0 Å². The third-order valence-corrected chi connectivity index (χ3v) is 6.54. The number of benzene rings is 3. The number of halogens is 5. The van der Waals surface area contributed by atoms with Crippen LogP contribution < -0.4 is 4.57 Å². The molecule has 0 bridgehead atoms. The van der Waals surface area contributed by atoms with Gasteiger partial charge in [0, 0.05) is 31.2 Å². The number of ether oxygens (including phenoxy) is 1. The molecule has 0 aliphatic rings. The van der Waals surface area contributed by atoms with Crippen molar-refractivity contribution in [2.45, 2.75) is 25.8 Å². The average molecular weight is 553 g/mol. The number of ketones is 1. The fourth-order valence-corrected chi connectivity index (χ4v) is 4.60. The molecule has 4 aromatic rings. The van der Waals surface area contributed by atoms with E-state index in [1.54, 1.807) is 35.0 Å². The molecule has 1 heterocycles. The van der Waals surface area contributed by atoms with E-state index in [0.29, 0.717) is 37.8 Å². The summed E-state index contributed by atoms with van der Waals surface area (Å²) in [5.74, 6) is -0.500. The number of carbonyl (C=O) groups excluding carboxylic acids is 1. The largest absolute Gasteiger partial charge is 0.365 e. The zero-order valence-electron chi connectivity index (χ0n) is 18.3. The predicted octanol–water partition coefficient (Wildman–Crippen LogP) is 7.37. The molecule has 4 rings (SSSR count). The lowest BCUT2D eigenvalue weighted by Gasteiger charge is -2.18. The van der Waals surface area contributed by atoms with Crippen molar-refractivity contribution < 1.29 is 18.5 Å². The molecular formula is C26H20Cl4FN2O2+. The van der Waals surface area contributed by atoms with Crippen LogP contribution in [0.4, 0.5) is 4.39 Å². The third kappa shape index (κ3) is 6.84. The molecule has 9 heteroatoms. The highest BCUT2D eigenvalue weighted by atomic mass is 35.5. The van der Waals surface area contributed by atoms with Gasteiger partial charge in [-0.2, -0.15) is 0 Å². The van der Waals surface area contributed by atoms with Gasteiger partial charge >= 0.3 is 0 Å². The number of Topliss-reactive ketones (excluding diaryl/α,β-unsaturated/α-hetero) is 1. The molecule has 35 heavy (non-hydrogen) atoms. The van der Waals surface area contributed by atoms with Crippen molar-refractivity contribution in [2.24, 2.45) is 0 Å². The van der Waals surface area contributed by atoms with Crippen LogP contribution in [0.25, 0.3) is 0 Å². The van der Waals surface area contributed by atoms with Crippen LogP contribution >= 0.6 is 46.4 Å². The summed E-state index contributed by atoms with van der Waals surface area (Å²) in [6, 6.07) is 16.1. The van der Waals surface area contributed by atoms with Gasteiger partial charge in [-0.1, -0.05) is 58.5 Å². The molecule has 0 saturated carbocycles. The normalized spacial score (nSPS) is 12.0. The Balaban J connectivity index is 1.49. The quantitative estimate of drug-likeness (QED) is 0.160. The Morgan fingerprint density at radius 3 is 2.26 bits per heavy atom. The zero-order chi connectivity index (χ0) is 24.9. The molecule has 1 unspecified atom stereocenters. The number of imidazole rings is 1. The lowest BCUT2D eigenvalue weighted by Crippen LogP contribution is -2.36. The first-order valence-electron chi connectivity index (χ1n) is 10.6. The van der Waals surface area contributed by atoms with E-state index in [4.69, 9.17) is 51.1 Å². The lowest BCUT2D eigenvalue weighted by molar-refractivity contribution is -0.682. The van der Waals surface area contributed by atoms with E-state index in [2.05, 4.69) is 0 Å². The van der Waals surface area contributed by atoms with Gasteiger partial charge in [0.2, 0.25) is 12.1 Å². The zero-order valence-corrected chi connectivity index (χ0v) is 21.3. The van der Waals surface area contributed by atoms with Gasteiger partial charge in [-0.3, -0.25) is 4.79 Å². The second-order valence-electron chi connectivity index (χ2n) is 7.91. The Morgan fingerprint density at radius 1 is 0.943 bits per heavy atom. The standard InChI is InChI=1S/C26H20Cl4FN2O2/c27-19-5-1-18(2-6-19)26(35-15-22-23(29)11-20(28)12-24(22)30)14-33-10-9-32(16-33)13-25(34)17-3-7-21(31)8-4-17/h1-12,16,26H,13-15H2/q+1. The summed E-state index contributed by atoms with van der Waals surface area (Å²) >= 11 is 24.7. The van der Waals surface area contributed by atoms with E-state index in [1.165, 1.54) is 24.3 Å². The number of carbonyl (C=O) groups is 1. The van der Waals surface area contributed by atoms with Gasteiger partial charge in [-0.05, 0) is 54.1 Å². The highest BCUT2D eigenvalue weighted by Crippen LogP contribution is 2.31. The van der Waals surface area contributed by atoms with Crippen LogP contribution in [0.15, 0.2) is 79.4 Å². The molecule has 0 saturated heterocycles. The molecule has 0 aliphatic heterocycles. The van der Waals surface area contributed by atoms with E-state index in [9.17, 15) is 9.18 Å². The lowest BCUT2D eigenvalue weighted by atomic mass is 10.1. The minimum Gasteiger partial charge on any atom is -0.365 e. The van der Waals surface area contributed by atoms with E-state index in [1.807, 2.05) is 29.2 Å². The Morgan fingerprint density at radius 2 is 1.60 bits per heavy atom. The fraction of sp³-hybridized carbons (Fsp3) is 0.154. The van der Waals surface area contributed by atoms with E-state index in [-0.39, 0.29) is 30.9 Å². The molecule has 1 aromatic heterocycles. The van der Waals surface area contributed by atoms with Gasteiger partial charge in [-0.25, -0.2) is 13.5 Å². The SMILES string of the molecule is O=C(C[n+]1ccn(CC(OCc2c(Cl)cc(Cl)cc2Cl)c2ccc(Cl)cc2)c1)c1ccc(F)cc1. The van der Waals surface area contributed by atoms with Crippen molar-refractivity contribution in [1.29, 1.82) is 0 Å². The fourth-order valence-electron chi connectivity index (χ4n) is 3.55. The van der Waals surface area contributed by atoms with Crippen molar-refractivity contribution in [1.82, 2.24) is 4.57 Å². The number of hydrogen-bond donors (Lipinski definition) is 0. The maximum absolute atomic E-state index is 13.1. The number of rotatable bonds is 9. The molecule has 0 N–H and O–H groups in total. The first-order valence-corrected chi connectivity index (χ1v) is 12.1. The van der Waals surface area contributed by atoms with Gasteiger partial charge in [0.25, 0.3) is 0 Å². The van der Waals surface area contributed by atoms with E-state index in [0.717, 1.165) is 5.56 Å². The molecule has 4 nitrogen and oxygen atoms in total. The van der Waals surface area contributed by atoms with Crippen molar-refractivity contribution in [2.75, 3.05) is 0 Å². The van der Waals surface area contributed by atoms with E-state index >= 15 is 0 Å². The maximum Gasteiger partial charge on any atom is 0.244 e. The molecule has 1 atom stereocenters. The number of aromatic nitrogens is 2. The highest BCUT2D eigenvalue weighted by Gasteiger charge is 2.20. The average Bonchev–Trinajstić information content (AvgIpc) is 3.25. The summed E-state index contributed by atoms with van der Waals surface area (Å²) in [5, 5.41) is 1.92. The number of hydrogen-bond acceptors (Lipinski definition) is 2. The Bertz CT molecular complexity index is 1300. The van der Waals surface area contributed by atoms with Crippen LogP contribution in [0.5, 0.6) is 0 Å². The van der Waals surface area contributed by atoms with Crippen LogP contribution in [0, 0.1) is 5.82 Å². The van der Waals surface area contributed by atoms with Crippen LogP contribution in [0.2, 0.25) is 20.1 Å². The maximum atomic E-state index is 13.1. The van der Waals surface area contributed by atoms with E-state index < -0.39 is 0 Å². The molecule has 180 valence electrons. The Kier molecular flexibility index (Phi) is 8.47. The van der Waals surface area contributed by atoms with Crippen molar-refractivity contribution in [3.63, 3.8) is 0 Å². The van der Waals surface area contributed by atoms with Gasteiger partial charge in [0.1, 0.15) is 30.9 Å². The Labute approximate surface area is 222 Å². The monoisotopic (exact) mass is 551 g/mol. The van der Waals surface area contributed by atoms with Crippen molar-refractivity contribution in [3.05, 3.63) is 122 Å². The summed E-state index contributed by atoms with van der Waals surface area (Å²) in [6.45, 7) is 0.760. The summed E-state index contributed by atoms with van der Waals surface area (Å²) in [7, 11) is 0. The van der Waals surface area contributed by atoms with Crippen LogP contribution in [-0.4, -0.2) is 10.4 Å². The molecule has 0 amide bonds. The first-order chi connectivity index (χ1) is 16.8. The minimum absolute atomic E-state index is 0.120. The molecule has 0 fully saturated rings. The van der Waals surface area contributed by atoms with Crippen LogP contribution in [0.1, 0.15) is 27.6 Å². The van der Waals surface area contributed by atoms with Crippen LogP contribution in [-0.2, 0) is 24.4 Å².